The van der Waals surface area contributed by atoms with Crippen LogP contribution in [0.1, 0.15) is 5.56 Å². The van der Waals surface area contributed by atoms with Crippen LogP contribution in [0.15, 0.2) is 41.4 Å². The Hall–Kier alpha value is -1.54. The summed E-state index contributed by atoms with van der Waals surface area (Å²) in [4.78, 5) is 4.13. The zero-order valence-corrected chi connectivity index (χ0v) is 13.2. The predicted octanol–water partition coefficient (Wildman–Crippen LogP) is -0.401. The molecule has 2 aromatic rings. The average Bonchev–Trinajstić information content (AvgIpc) is 2.49. The van der Waals surface area contributed by atoms with Crippen LogP contribution in [-0.4, -0.2) is 39.5 Å². The van der Waals surface area contributed by atoms with E-state index >= 15 is 0 Å². The Morgan fingerprint density at radius 3 is 2.09 bits per heavy atom. The second-order valence-corrected chi connectivity index (χ2v) is 5.47. The van der Waals surface area contributed by atoms with Gasteiger partial charge in [0.25, 0.3) is 0 Å². The van der Waals surface area contributed by atoms with Gasteiger partial charge >= 0.3 is 14.2 Å². The molecule has 0 saturated heterocycles. The van der Waals surface area contributed by atoms with Crippen molar-refractivity contribution in [2.75, 3.05) is 5.73 Å². The van der Waals surface area contributed by atoms with Crippen LogP contribution in [0.25, 0.3) is 0 Å². The molecule has 0 aliphatic carbocycles. The summed E-state index contributed by atoms with van der Waals surface area (Å²) in [5.74, 6) is 0. The van der Waals surface area contributed by atoms with Crippen LogP contribution in [0, 0.1) is 0 Å². The summed E-state index contributed by atoms with van der Waals surface area (Å²) in [5.41, 5.74) is 7.18. The van der Waals surface area contributed by atoms with Gasteiger partial charge in [-0.1, -0.05) is 41.4 Å². The van der Waals surface area contributed by atoms with Gasteiger partial charge in [-0.05, 0) is 29.1 Å². The first-order chi connectivity index (χ1) is 10.8. The van der Waals surface area contributed by atoms with Gasteiger partial charge in [-0.25, -0.2) is 4.99 Å². The molecule has 6 N–H and O–H groups in total. The van der Waals surface area contributed by atoms with E-state index in [1.54, 1.807) is 0 Å². The maximum atomic E-state index is 9.20. The van der Waals surface area contributed by atoms with Crippen LogP contribution in [0.5, 0.6) is 0 Å². The van der Waals surface area contributed by atoms with Gasteiger partial charge in [-0.2, -0.15) is 0 Å². The number of halogens is 2. The van der Waals surface area contributed by atoms with E-state index in [0.29, 0.717) is 16.9 Å². The summed E-state index contributed by atoms with van der Waals surface area (Å²) in [7, 11) is -3.30. The fraction of sp³-hybridized carbons (Fsp3) is 0. The number of hydrogen-bond donors (Lipinski definition) is 5. The molecule has 0 radical (unpaired) electrons. The molecule has 0 heterocycles. The van der Waals surface area contributed by atoms with E-state index in [1.807, 2.05) is 0 Å². The molecule has 0 aliphatic rings. The van der Waals surface area contributed by atoms with Crippen molar-refractivity contribution in [3.8, 4) is 0 Å². The zero-order valence-electron chi connectivity index (χ0n) is 11.7. The summed E-state index contributed by atoms with van der Waals surface area (Å²) in [6.45, 7) is 0. The number of aliphatic imine (C=N–C) groups is 1. The molecular formula is C13H12B2Cl2N2O4. The third-order valence-electron chi connectivity index (χ3n) is 3.09. The minimum Gasteiger partial charge on any atom is -0.423 e. The zero-order chi connectivity index (χ0) is 17.1. The molecule has 0 atom stereocenters. The smallest absolute Gasteiger partial charge is 0.423 e. The number of benzene rings is 2. The lowest BCUT2D eigenvalue weighted by molar-refractivity contribution is 0.424. The molecule has 0 amide bonds. The minimum absolute atomic E-state index is 0.00389. The van der Waals surface area contributed by atoms with Gasteiger partial charge in [0.2, 0.25) is 0 Å². The van der Waals surface area contributed by atoms with E-state index in [-0.39, 0.29) is 21.1 Å². The van der Waals surface area contributed by atoms with Crippen LogP contribution in [0.3, 0.4) is 0 Å². The van der Waals surface area contributed by atoms with Crippen molar-refractivity contribution in [3.63, 3.8) is 0 Å². The van der Waals surface area contributed by atoms with Crippen LogP contribution < -0.4 is 16.7 Å². The SMILES string of the molecule is Nc1ccc(B(O)O)cc1C(Cl)=Nc1ccc(B(O)O)cc1Cl. The minimum atomic E-state index is -1.66. The molecule has 118 valence electrons. The highest BCUT2D eigenvalue weighted by Crippen LogP contribution is 2.26. The molecule has 23 heavy (non-hydrogen) atoms. The number of rotatable bonds is 4. The highest BCUT2D eigenvalue weighted by molar-refractivity contribution is 6.71. The highest BCUT2D eigenvalue weighted by Gasteiger charge is 2.16. The number of nitrogens with zero attached hydrogens (tertiary/aromatic N) is 1. The average molecular weight is 353 g/mol. The summed E-state index contributed by atoms with van der Waals surface area (Å²) in [6, 6.07) is 8.61. The van der Waals surface area contributed by atoms with E-state index in [1.165, 1.54) is 36.4 Å². The Bertz CT molecular complexity index is 757. The van der Waals surface area contributed by atoms with Crippen molar-refractivity contribution < 1.29 is 20.1 Å². The van der Waals surface area contributed by atoms with Gasteiger partial charge in [0.15, 0.2) is 0 Å². The summed E-state index contributed by atoms with van der Waals surface area (Å²) < 4.78 is 0. The van der Waals surface area contributed by atoms with Crippen molar-refractivity contribution in [1.82, 2.24) is 0 Å². The first-order valence-electron chi connectivity index (χ1n) is 6.45. The molecule has 0 fully saturated rings. The quantitative estimate of drug-likeness (QED) is 0.291. The number of hydrogen-bond acceptors (Lipinski definition) is 6. The lowest BCUT2D eigenvalue weighted by Crippen LogP contribution is -2.30. The first-order valence-corrected chi connectivity index (χ1v) is 7.21. The topological polar surface area (TPSA) is 119 Å². The third kappa shape index (κ3) is 4.26. The first kappa shape index (κ1) is 17.8. The van der Waals surface area contributed by atoms with Gasteiger partial charge in [-0.15, -0.1) is 0 Å². The van der Waals surface area contributed by atoms with E-state index in [9.17, 15) is 10.0 Å². The van der Waals surface area contributed by atoms with E-state index in [0.717, 1.165) is 0 Å². The van der Waals surface area contributed by atoms with E-state index in [2.05, 4.69) is 4.99 Å². The normalized spacial score (nSPS) is 11.5. The van der Waals surface area contributed by atoms with E-state index < -0.39 is 14.2 Å². The number of nitrogen functional groups attached to an aromatic ring is 1. The fourth-order valence-corrected chi connectivity index (χ4v) is 2.34. The van der Waals surface area contributed by atoms with Gasteiger partial charge in [0, 0.05) is 11.3 Å². The highest BCUT2D eigenvalue weighted by atomic mass is 35.5. The van der Waals surface area contributed by atoms with Gasteiger partial charge < -0.3 is 25.8 Å². The predicted molar refractivity (Wildman–Crippen MR) is 94.0 cm³/mol. The lowest BCUT2D eigenvalue weighted by atomic mass is 9.79. The summed E-state index contributed by atoms with van der Waals surface area (Å²) >= 11 is 12.2. The third-order valence-corrected chi connectivity index (χ3v) is 3.68. The molecule has 6 nitrogen and oxygen atoms in total. The second kappa shape index (κ2) is 7.35. The molecule has 2 rings (SSSR count). The lowest BCUT2D eigenvalue weighted by Gasteiger charge is -2.08. The fourth-order valence-electron chi connectivity index (χ4n) is 1.85. The van der Waals surface area contributed by atoms with Gasteiger partial charge in [-0.3, -0.25) is 0 Å². The van der Waals surface area contributed by atoms with Crippen LogP contribution in [0.2, 0.25) is 5.02 Å². The van der Waals surface area contributed by atoms with Crippen molar-refractivity contribution in [1.29, 1.82) is 0 Å². The van der Waals surface area contributed by atoms with Crippen LogP contribution in [-0.2, 0) is 0 Å². The van der Waals surface area contributed by atoms with Gasteiger partial charge in [0.1, 0.15) is 5.17 Å². The van der Waals surface area contributed by atoms with Crippen molar-refractivity contribution in [2.24, 2.45) is 4.99 Å². The van der Waals surface area contributed by atoms with Crippen molar-refractivity contribution in [3.05, 3.63) is 47.0 Å². The summed E-state index contributed by atoms with van der Waals surface area (Å²) in [6.07, 6.45) is 0. The molecule has 0 unspecified atom stereocenters. The van der Waals surface area contributed by atoms with E-state index in [4.69, 9.17) is 39.0 Å². The number of anilines is 1. The Morgan fingerprint density at radius 2 is 1.52 bits per heavy atom. The Morgan fingerprint density at radius 1 is 0.957 bits per heavy atom. The largest absolute Gasteiger partial charge is 0.488 e. The Labute approximate surface area is 143 Å². The maximum absolute atomic E-state index is 9.20. The van der Waals surface area contributed by atoms with Crippen LogP contribution in [0.4, 0.5) is 11.4 Å². The molecule has 0 spiro atoms. The molecule has 2 aromatic carbocycles. The maximum Gasteiger partial charge on any atom is 0.488 e. The molecule has 0 aliphatic heterocycles. The molecule has 0 saturated carbocycles. The number of nitrogens with two attached hydrogens (primary N) is 1. The van der Waals surface area contributed by atoms with Crippen molar-refractivity contribution >= 4 is 64.9 Å². The van der Waals surface area contributed by atoms with Crippen molar-refractivity contribution in [2.45, 2.75) is 0 Å². The molecule has 0 aromatic heterocycles. The van der Waals surface area contributed by atoms with Gasteiger partial charge in [0.05, 0.1) is 10.7 Å². The molecule has 0 bridgehead atoms. The Balaban J connectivity index is 2.42. The molecule has 10 heteroatoms. The van der Waals surface area contributed by atoms with Crippen LogP contribution >= 0.6 is 23.2 Å². The standard InChI is InChI=1S/C13H12B2Cl2N2O4/c16-10-6-8(15(22)23)2-4-12(10)19-13(17)9-5-7(14(20)21)1-3-11(9)18/h1-6,20-23H,18H2. The Kier molecular flexibility index (Phi) is 5.69. The molecular weight excluding hydrogens is 341 g/mol. The summed E-state index contributed by atoms with van der Waals surface area (Å²) in [5, 5.41) is 36.8. The second-order valence-electron chi connectivity index (χ2n) is 4.71. The monoisotopic (exact) mass is 352 g/mol.